The van der Waals surface area contributed by atoms with Crippen LogP contribution in [0.25, 0.3) is 0 Å². The van der Waals surface area contributed by atoms with E-state index >= 15 is 0 Å². The lowest BCUT2D eigenvalue weighted by atomic mass is 10.1. The fraction of sp³-hybridized carbons (Fsp3) is 1.00. The van der Waals surface area contributed by atoms with Crippen molar-refractivity contribution in [3.63, 3.8) is 0 Å². The van der Waals surface area contributed by atoms with Crippen LogP contribution in [0.1, 0.15) is 40.0 Å². The number of rotatable bonds is 2. The first kappa shape index (κ1) is 13.3. The lowest BCUT2D eigenvalue weighted by molar-refractivity contribution is 0.265. The highest BCUT2D eigenvalue weighted by molar-refractivity contribution is 7.90. The lowest BCUT2D eigenvalue weighted by Gasteiger charge is -2.37. The van der Waals surface area contributed by atoms with E-state index in [-0.39, 0.29) is 6.04 Å². The first-order valence-corrected chi connectivity index (χ1v) is 7.35. The van der Waals surface area contributed by atoms with Gasteiger partial charge in [-0.2, -0.15) is 4.31 Å². The zero-order valence-corrected chi connectivity index (χ0v) is 11.2. The summed E-state index contributed by atoms with van der Waals surface area (Å²) in [7, 11) is -3.21. The average Bonchev–Trinajstić information content (AvgIpc) is 2.16. The molecule has 0 aliphatic carbocycles. The Kier molecular flexibility index (Phi) is 4.07. The molecule has 90 valence electrons. The number of hydrogen-bond acceptors (Lipinski definition) is 2. The molecule has 1 unspecified atom stereocenters. The highest BCUT2D eigenvalue weighted by Gasteiger charge is 2.39. The minimum Gasteiger partial charge on any atom is -0.212 e. The maximum atomic E-state index is 12.2. The van der Waals surface area contributed by atoms with E-state index in [1.54, 1.807) is 25.1 Å². The Labute approximate surface area is 97.8 Å². The van der Waals surface area contributed by atoms with Crippen LogP contribution in [0.4, 0.5) is 0 Å². The van der Waals surface area contributed by atoms with Crippen molar-refractivity contribution in [2.75, 3.05) is 12.4 Å². The van der Waals surface area contributed by atoms with E-state index < -0.39 is 14.8 Å². The molecule has 1 aliphatic heterocycles. The van der Waals surface area contributed by atoms with Gasteiger partial charge in [0.05, 0.1) is 4.75 Å². The molecule has 1 aliphatic rings. The molecule has 1 heterocycles. The summed E-state index contributed by atoms with van der Waals surface area (Å²) >= 11 is 5.83. The van der Waals surface area contributed by atoms with Crippen molar-refractivity contribution < 1.29 is 8.42 Å². The van der Waals surface area contributed by atoms with Crippen LogP contribution in [0, 0.1) is 0 Å². The van der Waals surface area contributed by atoms with E-state index in [0.717, 1.165) is 19.3 Å². The second-order valence-electron chi connectivity index (χ2n) is 5.03. The minimum atomic E-state index is -3.21. The number of halogens is 1. The third-order valence-corrected chi connectivity index (χ3v) is 5.84. The number of nitrogens with zero attached hydrogens (tertiary/aromatic N) is 1. The van der Waals surface area contributed by atoms with E-state index in [2.05, 4.69) is 0 Å². The van der Waals surface area contributed by atoms with Gasteiger partial charge in [0.15, 0.2) is 0 Å². The number of alkyl halides is 1. The van der Waals surface area contributed by atoms with Crippen LogP contribution in [0.15, 0.2) is 0 Å². The van der Waals surface area contributed by atoms with Gasteiger partial charge in [-0.05, 0) is 33.6 Å². The monoisotopic (exact) mass is 253 g/mol. The van der Waals surface area contributed by atoms with Gasteiger partial charge in [0.2, 0.25) is 10.0 Å². The Morgan fingerprint density at radius 1 is 1.33 bits per heavy atom. The molecule has 0 N–H and O–H groups in total. The van der Waals surface area contributed by atoms with Crippen molar-refractivity contribution in [1.29, 1.82) is 0 Å². The predicted molar refractivity (Wildman–Crippen MR) is 63.7 cm³/mol. The Morgan fingerprint density at radius 2 is 1.93 bits per heavy atom. The first-order valence-electron chi connectivity index (χ1n) is 5.38. The van der Waals surface area contributed by atoms with Gasteiger partial charge in [-0.3, -0.25) is 0 Å². The molecule has 1 atom stereocenters. The van der Waals surface area contributed by atoms with E-state index in [1.165, 1.54) is 0 Å². The highest BCUT2D eigenvalue weighted by atomic mass is 35.5. The molecule has 0 aromatic heterocycles. The Balaban J connectivity index is 2.94. The Morgan fingerprint density at radius 3 is 2.40 bits per heavy atom. The van der Waals surface area contributed by atoms with E-state index in [1.807, 2.05) is 0 Å². The molecule has 0 bridgehead atoms. The molecule has 3 nitrogen and oxygen atoms in total. The van der Waals surface area contributed by atoms with Crippen molar-refractivity contribution >= 4 is 21.6 Å². The number of hydrogen-bond donors (Lipinski definition) is 0. The first-order chi connectivity index (χ1) is 6.80. The van der Waals surface area contributed by atoms with E-state index in [4.69, 9.17) is 11.6 Å². The van der Waals surface area contributed by atoms with Crippen molar-refractivity contribution in [2.45, 2.75) is 50.8 Å². The fourth-order valence-electron chi connectivity index (χ4n) is 1.80. The zero-order valence-electron chi connectivity index (χ0n) is 9.66. The molecule has 0 saturated carbocycles. The van der Waals surface area contributed by atoms with Crippen molar-refractivity contribution in [2.24, 2.45) is 0 Å². The quantitative estimate of drug-likeness (QED) is 0.708. The fourth-order valence-corrected chi connectivity index (χ4v) is 3.84. The molecular formula is C10H20ClNO2S. The van der Waals surface area contributed by atoms with Crippen LogP contribution < -0.4 is 0 Å². The third-order valence-electron chi connectivity index (χ3n) is 2.83. The highest BCUT2D eigenvalue weighted by Crippen LogP contribution is 2.28. The molecule has 1 fully saturated rings. The summed E-state index contributed by atoms with van der Waals surface area (Å²) in [6, 6.07) is -0.00959. The van der Waals surface area contributed by atoms with E-state index in [9.17, 15) is 8.42 Å². The van der Waals surface area contributed by atoms with Crippen molar-refractivity contribution in [1.82, 2.24) is 4.31 Å². The summed E-state index contributed by atoms with van der Waals surface area (Å²) in [5.41, 5.74) is 0. The zero-order chi connectivity index (χ0) is 11.7. The van der Waals surface area contributed by atoms with Crippen molar-refractivity contribution in [3.05, 3.63) is 0 Å². The summed E-state index contributed by atoms with van der Waals surface area (Å²) in [5, 5.41) is 0. The second-order valence-corrected chi connectivity index (χ2v) is 7.98. The van der Waals surface area contributed by atoms with Gasteiger partial charge in [0.25, 0.3) is 0 Å². The van der Waals surface area contributed by atoms with Gasteiger partial charge in [0.1, 0.15) is 0 Å². The summed E-state index contributed by atoms with van der Waals surface area (Å²) in [6.45, 7) is 5.84. The van der Waals surface area contributed by atoms with Crippen LogP contribution in [0.2, 0.25) is 0 Å². The molecule has 1 saturated heterocycles. The van der Waals surface area contributed by atoms with Gasteiger partial charge in [-0.1, -0.05) is 6.42 Å². The summed E-state index contributed by atoms with van der Waals surface area (Å²) < 4.78 is 25.4. The number of sulfonamides is 1. The largest absolute Gasteiger partial charge is 0.219 e. The Hall–Kier alpha value is 0.200. The van der Waals surface area contributed by atoms with Crippen LogP contribution >= 0.6 is 11.6 Å². The van der Waals surface area contributed by atoms with Gasteiger partial charge in [-0.15, -0.1) is 11.6 Å². The molecule has 15 heavy (non-hydrogen) atoms. The van der Waals surface area contributed by atoms with Crippen LogP contribution in [0.5, 0.6) is 0 Å². The van der Waals surface area contributed by atoms with Crippen molar-refractivity contribution in [3.8, 4) is 0 Å². The second kappa shape index (κ2) is 4.60. The average molecular weight is 254 g/mol. The normalized spacial score (nSPS) is 25.5. The molecule has 1 rings (SSSR count). The molecule has 0 radical (unpaired) electrons. The van der Waals surface area contributed by atoms with Crippen LogP contribution in [-0.4, -0.2) is 35.9 Å². The molecule has 0 spiro atoms. The van der Waals surface area contributed by atoms with E-state index in [0.29, 0.717) is 12.4 Å². The van der Waals surface area contributed by atoms with Crippen LogP contribution in [0.3, 0.4) is 0 Å². The molecule has 0 aromatic rings. The van der Waals surface area contributed by atoms with Gasteiger partial charge < -0.3 is 0 Å². The maximum absolute atomic E-state index is 12.2. The number of piperidine rings is 1. The molecular weight excluding hydrogens is 234 g/mol. The minimum absolute atomic E-state index is 0.00959. The lowest BCUT2D eigenvalue weighted by Crippen LogP contribution is -2.50. The third kappa shape index (κ3) is 2.66. The SMILES string of the molecule is CC(C)(C)S(=O)(=O)N1CCCCC1CCl. The summed E-state index contributed by atoms with van der Waals surface area (Å²) in [6.07, 6.45) is 2.91. The molecule has 5 heteroatoms. The predicted octanol–water partition coefficient (Wildman–Crippen LogP) is 2.21. The van der Waals surface area contributed by atoms with Gasteiger partial charge in [0, 0.05) is 18.5 Å². The smallest absolute Gasteiger partial charge is 0.212 e. The van der Waals surface area contributed by atoms with Crippen LogP contribution in [-0.2, 0) is 10.0 Å². The van der Waals surface area contributed by atoms with Gasteiger partial charge in [-0.25, -0.2) is 8.42 Å². The molecule has 0 amide bonds. The topological polar surface area (TPSA) is 37.4 Å². The summed E-state index contributed by atoms with van der Waals surface area (Å²) in [4.78, 5) is 0. The maximum Gasteiger partial charge on any atom is 0.219 e. The molecule has 0 aromatic carbocycles. The summed E-state index contributed by atoms with van der Waals surface area (Å²) in [5.74, 6) is 0.398. The standard InChI is InChI=1S/C10H20ClNO2S/c1-10(2,3)15(13,14)12-7-5-4-6-9(12)8-11/h9H,4-8H2,1-3H3. The Bertz CT molecular complexity index is 308. The van der Waals surface area contributed by atoms with Gasteiger partial charge >= 0.3 is 0 Å².